The van der Waals surface area contributed by atoms with Crippen LogP contribution in [0.1, 0.15) is 24.0 Å². The Labute approximate surface area is 172 Å². The van der Waals surface area contributed by atoms with Crippen molar-refractivity contribution in [2.45, 2.75) is 27.2 Å². The fourth-order valence-corrected chi connectivity index (χ4v) is 3.58. The molecule has 0 unspecified atom stereocenters. The van der Waals surface area contributed by atoms with Crippen LogP contribution in [0.5, 0.6) is 0 Å². The highest BCUT2D eigenvalue weighted by Crippen LogP contribution is 2.29. The molecule has 9 heteroatoms. The minimum absolute atomic E-state index is 0.157. The van der Waals surface area contributed by atoms with Gasteiger partial charge in [0.25, 0.3) is 0 Å². The quantitative estimate of drug-likeness (QED) is 0.551. The molecule has 3 aromatic rings. The van der Waals surface area contributed by atoms with E-state index in [-0.39, 0.29) is 18.2 Å². The van der Waals surface area contributed by atoms with Crippen LogP contribution >= 0.6 is 11.3 Å². The summed E-state index contributed by atoms with van der Waals surface area (Å²) in [5, 5.41) is 9.57. The third-order valence-electron chi connectivity index (χ3n) is 3.92. The standard InChI is InChI=1S/C20H22N6O2S/c1-12-19(29-14(3)23-12)17-7-9-22-20(26-17)25-16-6-4-5-15(11-16)24-18(28)8-10-21-13(2)27/h4-7,9,11H,8,10H2,1-3H3,(H,21,27)(H,24,28)(H,22,25,26). The Kier molecular flexibility index (Phi) is 6.50. The van der Waals surface area contributed by atoms with Crippen LogP contribution in [0.4, 0.5) is 17.3 Å². The normalized spacial score (nSPS) is 10.4. The van der Waals surface area contributed by atoms with Gasteiger partial charge in [-0.3, -0.25) is 9.59 Å². The average Bonchev–Trinajstić information content (AvgIpc) is 3.00. The predicted molar refractivity (Wildman–Crippen MR) is 114 cm³/mol. The van der Waals surface area contributed by atoms with Gasteiger partial charge in [-0.1, -0.05) is 6.07 Å². The van der Waals surface area contributed by atoms with Crippen molar-refractivity contribution >= 4 is 40.5 Å². The highest BCUT2D eigenvalue weighted by molar-refractivity contribution is 7.15. The molecule has 2 aromatic heterocycles. The summed E-state index contributed by atoms with van der Waals surface area (Å²) in [5.41, 5.74) is 3.15. The number of carbonyl (C=O) groups excluding carboxylic acids is 2. The fraction of sp³-hybridized carbons (Fsp3) is 0.250. The molecule has 0 saturated heterocycles. The van der Waals surface area contributed by atoms with Crippen LogP contribution in [-0.2, 0) is 9.59 Å². The van der Waals surface area contributed by atoms with Gasteiger partial charge in [0.05, 0.1) is 21.3 Å². The van der Waals surface area contributed by atoms with E-state index in [0.717, 1.165) is 27.0 Å². The molecular formula is C20H22N6O2S. The van der Waals surface area contributed by atoms with Crippen molar-refractivity contribution in [1.29, 1.82) is 0 Å². The summed E-state index contributed by atoms with van der Waals surface area (Å²) in [6.07, 6.45) is 1.91. The van der Waals surface area contributed by atoms with Crippen molar-refractivity contribution in [1.82, 2.24) is 20.3 Å². The first-order valence-corrected chi connectivity index (χ1v) is 9.91. The van der Waals surface area contributed by atoms with E-state index in [1.54, 1.807) is 29.7 Å². The Balaban J connectivity index is 1.67. The second kappa shape index (κ2) is 9.24. The molecule has 0 radical (unpaired) electrons. The number of benzene rings is 1. The van der Waals surface area contributed by atoms with Gasteiger partial charge in [0.2, 0.25) is 17.8 Å². The SMILES string of the molecule is CC(=O)NCCC(=O)Nc1cccc(Nc2nccc(-c3sc(C)nc3C)n2)c1. The van der Waals surface area contributed by atoms with Crippen LogP contribution in [-0.4, -0.2) is 33.3 Å². The van der Waals surface area contributed by atoms with Crippen molar-refractivity contribution in [2.75, 3.05) is 17.2 Å². The Morgan fingerprint density at radius 2 is 1.90 bits per heavy atom. The van der Waals surface area contributed by atoms with Gasteiger partial charge in [0, 0.05) is 37.5 Å². The van der Waals surface area contributed by atoms with Gasteiger partial charge in [0.1, 0.15) is 0 Å². The van der Waals surface area contributed by atoms with Gasteiger partial charge < -0.3 is 16.0 Å². The highest BCUT2D eigenvalue weighted by atomic mass is 32.1. The number of hydrogen-bond donors (Lipinski definition) is 3. The van der Waals surface area contributed by atoms with Crippen molar-refractivity contribution in [3.8, 4) is 10.6 Å². The molecule has 0 aliphatic rings. The molecule has 0 aliphatic heterocycles. The lowest BCUT2D eigenvalue weighted by Gasteiger charge is -2.09. The molecule has 0 saturated carbocycles. The number of carbonyl (C=O) groups is 2. The average molecular weight is 411 g/mol. The zero-order valence-electron chi connectivity index (χ0n) is 16.4. The summed E-state index contributed by atoms with van der Waals surface area (Å²) < 4.78 is 0. The minimum Gasteiger partial charge on any atom is -0.356 e. The van der Waals surface area contributed by atoms with E-state index in [0.29, 0.717) is 18.2 Å². The van der Waals surface area contributed by atoms with Crippen molar-refractivity contribution in [3.63, 3.8) is 0 Å². The lowest BCUT2D eigenvalue weighted by Crippen LogP contribution is -2.25. The van der Waals surface area contributed by atoms with Gasteiger partial charge in [-0.05, 0) is 38.1 Å². The first kappa shape index (κ1) is 20.4. The number of hydrogen-bond acceptors (Lipinski definition) is 7. The third kappa shape index (κ3) is 5.82. The van der Waals surface area contributed by atoms with E-state index in [9.17, 15) is 9.59 Å². The molecule has 29 heavy (non-hydrogen) atoms. The van der Waals surface area contributed by atoms with Crippen molar-refractivity contribution < 1.29 is 9.59 Å². The Morgan fingerprint density at radius 1 is 1.10 bits per heavy atom. The molecule has 0 aliphatic carbocycles. The number of aromatic nitrogens is 3. The molecule has 0 bridgehead atoms. The van der Waals surface area contributed by atoms with Crippen molar-refractivity contribution in [2.24, 2.45) is 0 Å². The fourth-order valence-electron chi connectivity index (χ4n) is 2.69. The number of thiazole rings is 1. The number of rotatable bonds is 7. The molecule has 3 N–H and O–H groups in total. The summed E-state index contributed by atoms with van der Waals surface area (Å²) in [7, 11) is 0. The van der Waals surface area contributed by atoms with Crippen molar-refractivity contribution in [3.05, 3.63) is 47.2 Å². The van der Waals surface area contributed by atoms with E-state index < -0.39 is 0 Å². The van der Waals surface area contributed by atoms with Gasteiger partial charge in [-0.15, -0.1) is 11.3 Å². The van der Waals surface area contributed by atoms with E-state index in [1.165, 1.54) is 6.92 Å². The summed E-state index contributed by atoms with van der Waals surface area (Å²) in [6.45, 7) is 5.65. The first-order valence-electron chi connectivity index (χ1n) is 9.09. The monoisotopic (exact) mass is 410 g/mol. The molecule has 2 heterocycles. The van der Waals surface area contributed by atoms with Crippen LogP contribution in [0.25, 0.3) is 10.6 Å². The van der Waals surface area contributed by atoms with Crippen LogP contribution in [0.15, 0.2) is 36.5 Å². The topological polar surface area (TPSA) is 109 Å². The van der Waals surface area contributed by atoms with E-state index in [4.69, 9.17) is 0 Å². The molecule has 0 atom stereocenters. The zero-order valence-corrected chi connectivity index (χ0v) is 17.3. The molecule has 1 aromatic carbocycles. The second-order valence-electron chi connectivity index (χ2n) is 6.40. The predicted octanol–water partition coefficient (Wildman–Crippen LogP) is 3.43. The van der Waals surface area contributed by atoms with Crippen LogP contribution in [0.2, 0.25) is 0 Å². The molecule has 150 valence electrons. The number of anilines is 3. The lowest BCUT2D eigenvalue weighted by molar-refractivity contribution is -0.119. The molecule has 2 amide bonds. The summed E-state index contributed by atoms with van der Waals surface area (Å²) in [6, 6.07) is 9.14. The number of amides is 2. The molecular weight excluding hydrogens is 388 g/mol. The maximum Gasteiger partial charge on any atom is 0.227 e. The highest BCUT2D eigenvalue weighted by Gasteiger charge is 2.10. The smallest absolute Gasteiger partial charge is 0.227 e. The molecule has 0 spiro atoms. The second-order valence-corrected chi connectivity index (χ2v) is 7.60. The minimum atomic E-state index is -0.176. The van der Waals surface area contributed by atoms with Gasteiger partial charge >= 0.3 is 0 Å². The van der Waals surface area contributed by atoms with E-state index in [1.807, 2.05) is 32.0 Å². The molecule has 0 fully saturated rings. The van der Waals surface area contributed by atoms with E-state index >= 15 is 0 Å². The molecule has 8 nitrogen and oxygen atoms in total. The van der Waals surface area contributed by atoms with Gasteiger partial charge in [-0.25, -0.2) is 15.0 Å². The lowest BCUT2D eigenvalue weighted by atomic mass is 10.2. The summed E-state index contributed by atoms with van der Waals surface area (Å²) >= 11 is 1.60. The maximum atomic E-state index is 12.0. The summed E-state index contributed by atoms with van der Waals surface area (Å²) in [4.78, 5) is 37.2. The summed E-state index contributed by atoms with van der Waals surface area (Å²) in [5.74, 6) is 0.127. The Bertz CT molecular complexity index is 1030. The third-order valence-corrected chi connectivity index (χ3v) is 5.02. The van der Waals surface area contributed by atoms with Gasteiger partial charge in [-0.2, -0.15) is 0 Å². The number of nitrogens with zero attached hydrogens (tertiary/aromatic N) is 3. The van der Waals surface area contributed by atoms with Crippen LogP contribution in [0.3, 0.4) is 0 Å². The van der Waals surface area contributed by atoms with Crippen LogP contribution < -0.4 is 16.0 Å². The largest absolute Gasteiger partial charge is 0.356 e. The van der Waals surface area contributed by atoms with E-state index in [2.05, 4.69) is 30.9 Å². The number of nitrogens with one attached hydrogen (secondary N) is 3. The maximum absolute atomic E-state index is 12.0. The Hall–Kier alpha value is -3.33. The number of aryl methyl sites for hydroxylation is 2. The first-order chi connectivity index (χ1) is 13.9. The zero-order chi connectivity index (χ0) is 20.8. The van der Waals surface area contributed by atoms with Gasteiger partial charge in [0.15, 0.2) is 0 Å². The Morgan fingerprint density at radius 3 is 2.62 bits per heavy atom. The molecule has 3 rings (SSSR count). The van der Waals surface area contributed by atoms with Crippen LogP contribution in [0, 0.1) is 13.8 Å².